The van der Waals surface area contributed by atoms with Crippen LogP contribution in [0.3, 0.4) is 0 Å². The Kier molecular flexibility index (Phi) is 12.7. The first-order valence-electron chi connectivity index (χ1n) is 8.92. The van der Waals surface area contributed by atoms with Crippen molar-refractivity contribution in [2.45, 2.75) is 73.4 Å². The molecule has 0 fully saturated rings. The second-order valence-electron chi connectivity index (χ2n) is 7.59. The van der Waals surface area contributed by atoms with Crippen molar-refractivity contribution in [3.8, 4) is 0 Å². The molecule has 0 radical (unpaired) electrons. The van der Waals surface area contributed by atoms with E-state index in [1.54, 1.807) is 25.4 Å². The van der Waals surface area contributed by atoms with E-state index in [-0.39, 0.29) is 37.2 Å². The van der Waals surface area contributed by atoms with Crippen molar-refractivity contribution >= 4 is 13.3 Å². The topological polar surface area (TPSA) is 0 Å². The second-order valence-corrected chi connectivity index (χ2v) is 12.8. The van der Waals surface area contributed by atoms with Crippen molar-refractivity contribution < 1.29 is 57.7 Å². The van der Waals surface area contributed by atoms with Crippen LogP contribution in [-0.4, -0.2) is 8.07 Å². The van der Waals surface area contributed by atoms with E-state index < -0.39 is 8.07 Å². The Morgan fingerprint density at radius 3 is 1.81 bits per heavy atom. The third-order valence-electron chi connectivity index (χ3n) is 5.75. The third-order valence-corrected chi connectivity index (χ3v) is 11.7. The minimum Gasteiger partial charge on any atom is -1.00 e. The summed E-state index contributed by atoms with van der Waals surface area (Å²) in [6, 6.07) is 6.19. The maximum absolute atomic E-state index is 2.64. The molecule has 1 aromatic rings. The van der Waals surface area contributed by atoms with Crippen molar-refractivity contribution in [3.05, 3.63) is 49.0 Å². The second kappa shape index (κ2) is 11.5. The summed E-state index contributed by atoms with van der Waals surface area (Å²) >= 11 is 2.33. The van der Waals surface area contributed by atoms with Crippen LogP contribution in [0.15, 0.2) is 32.4 Å². The van der Waals surface area contributed by atoms with Crippen LogP contribution in [0.4, 0.5) is 0 Å². The van der Waals surface area contributed by atoms with Gasteiger partial charge in [0.25, 0.3) is 0 Å². The molecule has 1 aliphatic rings. The van der Waals surface area contributed by atoms with E-state index in [0.29, 0.717) is 0 Å². The quantitative estimate of drug-likeness (QED) is 0.402. The predicted molar refractivity (Wildman–Crippen MR) is 102 cm³/mol. The Morgan fingerprint density at radius 2 is 1.42 bits per heavy atom. The van der Waals surface area contributed by atoms with E-state index >= 15 is 0 Å². The Balaban J connectivity index is 0. The third kappa shape index (κ3) is 5.52. The molecule has 1 aromatic carbocycles. The number of aryl methyl sites for hydroxylation is 3. The molecule has 0 nitrogen and oxygen atoms in total. The van der Waals surface area contributed by atoms with Gasteiger partial charge in [-0.15, -0.1) is 0 Å². The fraction of sp³-hybridized carbons (Fsp3) is 0.524. The smallest absolute Gasteiger partial charge is 1.00 e. The number of benzene rings is 1. The minimum absolute atomic E-state index is 0. The summed E-state index contributed by atoms with van der Waals surface area (Å²) in [5.74, 6) is 0. The zero-order chi connectivity index (χ0) is 17.4. The first-order valence-corrected chi connectivity index (χ1v) is 12.4. The fourth-order valence-electron chi connectivity index (χ4n) is 4.51. The minimum atomic E-state index is -1.63. The van der Waals surface area contributed by atoms with E-state index in [1.807, 2.05) is 0 Å². The van der Waals surface area contributed by atoms with E-state index in [0.717, 1.165) is 0 Å². The molecule has 0 amide bonds. The summed E-state index contributed by atoms with van der Waals surface area (Å²) in [6.07, 6.45) is 3.87. The van der Waals surface area contributed by atoms with E-state index in [4.69, 9.17) is 0 Å². The zero-order valence-corrected chi connectivity index (χ0v) is 21.9. The number of hydrogen-bond donors (Lipinski definition) is 0. The number of hydrogen-bond acceptors (Lipinski definition) is 0. The first-order chi connectivity index (χ1) is 10.7. The van der Waals surface area contributed by atoms with E-state index in [1.165, 1.54) is 42.0 Å². The Bertz CT molecular complexity index is 671. The van der Waals surface area contributed by atoms with Crippen LogP contribution >= 0.6 is 0 Å². The predicted octanol–water partition coefficient (Wildman–Crippen LogP) is -3.21. The normalized spacial score (nSPS) is 15.9. The summed E-state index contributed by atoms with van der Waals surface area (Å²) in [4.78, 5) is 0. The number of halogens is 3. The van der Waals surface area contributed by atoms with Crippen LogP contribution in [0.2, 0.25) is 12.6 Å². The van der Waals surface area contributed by atoms with Crippen LogP contribution in [0.1, 0.15) is 56.7 Å². The molecule has 0 aromatic heterocycles. The van der Waals surface area contributed by atoms with Gasteiger partial charge in [-0.1, -0.05) is 0 Å². The van der Waals surface area contributed by atoms with Gasteiger partial charge in [-0.3, -0.25) is 0 Å². The van der Waals surface area contributed by atoms with Gasteiger partial charge in [0, 0.05) is 0 Å². The van der Waals surface area contributed by atoms with Gasteiger partial charge in [0.2, 0.25) is 0 Å². The summed E-state index contributed by atoms with van der Waals surface area (Å²) in [7, 11) is -1.63. The van der Waals surface area contributed by atoms with Crippen LogP contribution in [-0.2, 0) is 20.4 Å². The monoisotopic (exact) mass is 464 g/mol. The fourth-order valence-corrected chi connectivity index (χ4v) is 10.7. The van der Waals surface area contributed by atoms with Crippen molar-refractivity contribution in [2.75, 3.05) is 0 Å². The largest absolute Gasteiger partial charge is 1.00 e. The summed E-state index contributed by atoms with van der Waals surface area (Å²) in [6.45, 7) is 16.6. The molecule has 0 heterocycles. The summed E-state index contributed by atoms with van der Waals surface area (Å²) in [5.41, 5.74) is 7.61. The maximum atomic E-state index is 2.64. The molecule has 0 saturated carbocycles. The SMILES string of the molecule is CCCC[Si](C)(C1=C(C)C(C)=[C]([Ti+3])C1)c1c(C)cc(C)cc1C.[Cl-].[Cl-].[Cl-]. The molecular weight excluding hydrogens is 435 g/mol. The summed E-state index contributed by atoms with van der Waals surface area (Å²) < 4.78 is 1.59. The first kappa shape index (κ1) is 28.7. The van der Waals surface area contributed by atoms with Gasteiger partial charge >= 0.3 is 156 Å². The van der Waals surface area contributed by atoms with E-state index in [2.05, 4.69) is 80.7 Å². The van der Waals surface area contributed by atoms with Crippen LogP contribution in [0, 0.1) is 20.8 Å². The number of allylic oxidation sites excluding steroid dienone is 4. The van der Waals surface area contributed by atoms with Crippen LogP contribution < -0.4 is 42.4 Å². The number of unbranched alkanes of at least 4 members (excludes halogenated alkanes) is 1. The van der Waals surface area contributed by atoms with Gasteiger partial charge in [0.1, 0.15) is 0 Å². The van der Waals surface area contributed by atoms with E-state index in [9.17, 15) is 0 Å². The molecule has 144 valence electrons. The van der Waals surface area contributed by atoms with Crippen molar-refractivity contribution in [2.24, 2.45) is 0 Å². The average Bonchev–Trinajstić information content (AvgIpc) is 2.72. The number of rotatable bonds is 5. The molecule has 0 aliphatic heterocycles. The molecule has 0 N–H and O–H groups in total. The molecule has 0 bridgehead atoms. The standard InChI is InChI=1S/C21H31Si.3ClH.Ti/c1-8-9-12-22(7,20-11-10-16(3)19(20)6)21-17(4)13-15(2)14-18(21)5;;;;/h13-14H,8-9,11-12H2,1-7H3;3*1H;/q;;;;+3/p-3. The van der Waals surface area contributed by atoms with Crippen LogP contribution in [0.5, 0.6) is 0 Å². The molecule has 2 rings (SSSR count). The molecule has 0 spiro atoms. The molecule has 1 atom stereocenters. The van der Waals surface area contributed by atoms with Gasteiger partial charge < -0.3 is 37.2 Å². The molecular formula is C21H31Cl3SiTi. The molecule has 1 aliphatic carbocycles. The van der Waals surface area contributed by atoms with Crippen molar-refractivity contribution in [1.29, 1.82) is 0 Å². The van der Waals surface area contributed by atoms with Gasteiger partial charge in [-0.25, -0.2) is 0 Å². The summed E-state index contributed by atoms with van der Waals surface area (Å²) in [5, 5.41) is 3.52. The Labute approximate surface area is 192 Å². The van der Waals surface area contributed by atoms with Gasteiger partial charge in [-0.05, 0) is 0 Å². The Hall–Kier alpha value is 0.501. The molecule has 5 heteroatoms. The zero-order valence-electron chi connectivity index (χ0n) is 17.1. The average molecular weight is 466 g/mol. The molecule has 0 saturated heterocycles. The molecule has 26 heavy (non-hydrogen) atoms. The van der Waals surface area contributed by atoms with Gasteiger partial charge in [0.05, 0.1) is 0 Å². The van der Waals surface area contributed by atoms with Crippen molar-refractivity contribution in [1.82, 2.24) is 0 Å². The van der Waals surface area contributed by atoms with Crippen LogP contribution in [0.25, 0.3) is 0 Å². The van der Waals surface area contributed by atoms with Gasteiger partial charge in [0.15, 0.2) is 0 Å². The van der Waals surface area contributed by atoms with Gasteiger partial charge in [-0.2, -0.15) is 0 Å². The van der Waals surface area contributed by atoms with Crippen molar-refractivity contribution in [3.63, 3.8) is 0 Å². The molecule has 1 unspecified atom stereocenters. The Morgan fingerprint density at radius 1 is 0.923 bits per heavy atom. The maximum Gasteiger partial charge on any atom is -1.00 e.